The number of aromatic amines is 2. The molecule has 0 bridgehead atoms. The van der Waals surface area contributed by atoms with Gasteiger partial charge < -0.3 is 24.0 Å². The molecule has 0 unspecified atom stereocenters. The van der Waals surface area contributed by atoms with Gasteiger partial charge in [0.15, 0.2) is 16.3 Å². The highest BCUT2D eigenvalue weighted by Crippen LogP contribution is 2.30. The number of hydrogen-bond donors (Lipinski definition) is 3. The molecule has 166 valence electrons. The summed E-state index contributed by atoms with van der Waals surface area (Å²) in [6.07, 6.45) is 6.40. The fraction of sp³-hybridized carbons (Fsp3) is 0.160. The van der Waals surface area contributed by atoms with Crippen molar-refractivity contribution in [1.82, 2.24) is 19.5 Å². The molecule has 0 aliphatic heterocycles. The van der Waals surface area contributed by atoms with E-state index in [0.717, 1.165) is 39.4 Å². The summed E-state index contributed by atoms with van der Waals surface area (Å²) < 4.78 is 13.1. The second kappa shape index (κ2) is 8.55. The quantitative estimate of drug-likeness (QED) is 0.314. The van der Waals surface area contributed by atoms with Crippen LogP contribution in [0, 0.1) is 10.2 Å². The first-order chi connectivity index (χ1) is 16.1. The van der Waals surface area contributed by atoms with Crippen LogP contribution >= 0.6 is 12.2 Å². The molecule has 33 heavy (non-hydrogen) atoms. The normalized spacial score (nSPS) is 11.2. The van der Waals surface area contributed by atoms with Gasteiger partial charge >= 0.3 is 0 Å². The van der Waals surface area contributed by atoms with Crippen LogP contribution in [0.5, 0.6) is 11.5 Å². The Morgan fingerprint density at radius 1 is 1.00 bits per heavy atom. The van der Waals surface area contributed by atoms with E-state index in [4.69, 9.17) is 27.1 Å². The summed E-state index contributed by atoms with van der Waals surface area (Å²) in [7, 11) is 3.17. The molecule has 0 spiro atoms. The van der Waals surface area contributed by atoms with Gasteiger partial charge in [-0.15, -0.1) is 0 Å². The number of benzene rings is 2. The standard InChI is InChI=1S/C25H23N5O2S/c1-31-22-11-19-21(12-23(22)32-2)29-25(33)30(24(19)26)9-7-17-14-28-20-6-5-15(10-18(17)20)16-4-3-8-27-13-16/h3-6,8,10-14,26,28H,7,9H2,1-2H3,(H,29,33). The molecule has 0 atom stereocenters. The van der Waals surface area contributed by atoms with Gasteiger partial charge in [-0.1, -0.05) is 12.1 Å². The van der Waals surface area contributed by atoms with Crippen molar-refractivity contribution in [2.45, 2.75) is 13.0 Å². The molecular formula is C25H23N5O2S. The van der Waals surface area contributed by atoms with Crippen LogP contribution in [0.3, 0.4) is 0 Å². The van der Waals surface area contributed by atoms with Crippen molar-refractivity contribution in [3.05, 3.63) is 76.9 Å². The monoisotopic (exact) mass is 457 g/mol. The number of nitrogens with zero attached hydrogens (tertiary/aromatic N) is 2. The molecule has 0 fully saturated rings. The number of aryl methyl sites for hydroxylation is 1. The van der Waals surface area contributed by atoms with E-state index < -0.39 is 0 Å². The van der Waals surface area contributed by atoms with E-state index in [-0.39, 0.29) is 0 Å². The third-order valence-corrected chi connectivity index (χ3v) is 6.22. The van der Waals surface area contributed by atoms with Crippen molar-refractivity contribution in [2.24, 2.45) is 0 Å². The molecule has 0 aliphatic rings. The minimum atomic E-state index is 0.339. The fourth-order valence-corrected chi connectivity index (χ4v) is 4.44. The maximum Gasteiger partial charge on any atom is 0.179 e. The van der Waals surface area contributed by atoms with Gasteiger partial charge in [0.1, 0.15) is 5.49 Å². The van der Waals surface area contributed by atoms with Crippen molar-refractivity contribution in [1.29, 1.82) is 5.41 Å². The lowest BCUT2D eigenvalue weighted by molar-refractivity contribution is 0.355. The molecule has 0 radical (unpaired) electrons. The second-order valence-electron chi connectivity index (χ2n) is 7.75. The number of H-pyrrole nitrogens is 2. The second-order valence-corrected chi connectivity index (χ2v) is 8.14. The first-order valence-corrected chi connectivity index (χ1v) is 10.9. The van der Waals surface area contributed by atoms with Crippen LogP contribution in [0.15, 0.2) is 61.1 Å². The SMILES string of the molecule is COc1cc2[nH]c(=S)n(CCc3c[nH]c4ccc(-c5cccnc5)cc34)c(=N)c2cc1OC. The van der Waals surface area contributed by atoms with E-state index in [9.17, 15) is 0 Å². The van der Waals surface area contributed by atoms with Gasteiger partial charge in [0.05, 0.1) is 19.7 Å². The molecule has 3 N–H and O–H groups in total. The highest BCUT2D eigenvalue weighted by atomic mass is 32.1. The molecule has 7 nitrogen and oxygen atoms in total. The van der Waals surface area contributed by atoms with E-state index in [0.29, 0.717) is 28.3 Å². The lowest BCUT2D eigenvalue weighted by Crippen LogP contribution is -2.23. The molecule has 0 saturated heterocycles. The van der Waals surface area contributed by atoms with Gasteiger partial charge in [0.25, 0.3) is 0 Å². The van der Waals surface area contributed by atoms with Crippen LogP contribution in [-0.2, 0) is 13.0 Å². The Hall–Kier alpha value is -3.91. The summed E-state index contributed by atoms with van der Waals surface area (Å²) in [5, 5.41) is 10.7. The van der Waals surface area contributed by atoms with E-state index in [2.05, 4.69) is 39.2 Å². The molecule has 2 aromatic carbocycles. The fourth-order valence-electron chi connectivity index (χ4n) is 4.15. The number of ether oxygens (including phenoxy) is 2. The summed E-state index contributed by atoms with van der Waals surface area (Å²) in [6.45, 7) is 0.572. The van der Waals surface area contributed by atoms with Gasteiger partial charge in [0.2, 0.25) is 0 Å². The lowest BCUT2D eigenvalue weighted by Gasteiger charge is -2.13. The van der Waals surface area contributed by atoms with E-state index in [1.807, 2.05) is 35.2 Å². The molecule has 5 aromatic rings. The van der Waals surface area contributed by atoms with E-state index >= 15 is 0 Å². The highest BCUT2D eigenvalue weighted by Gasteiger charge is 2.11. The Balaban J connectivity index is 1.51. The molecule has 3 heterocycles. The zero-order chi connectivity index (χ0) is 22.9. The third kappa shape index (κ3) is 3.78. The maximum absolute atomic E-state index is 8.78. The van der Waals surface area contributed by atoms with Crippen LogP contribution in [-0.4, -0.2) is 33.7 Å². The number of hydrogen-bond acceptors (Lipinski definition) is 5. The van der Waals surface area contributed by atoms with Crippen molar-refractivity contribution >= 4 is 34.0 Å². The lowest BCUT2D eigenvalue weighted by atomic mass is 10.0. The Kier molecular flexibility index (Phi) is 5.43. The minimum Gasteiger partial charge on any atom is -0.493 e. The van der Waals surface area contributed by atoms with Crippen molar-refractivity contribution < 1.29 is 9.47 Å². The van der Waals surface area contributed by atoms with Crippen LogP contribution in [0.25, 0.3) is 32.9 Å². The number of nitrogens with one attached hydrogen (secondary N) is 3. The Morgan fingerprint density at radius 3 is 2.58 bits per heavy atom. The van der Waals surface area contributed by atoms with Crippen LogP contribution in [0.1, 0.15) is 5.56 Å². The summed E-state index contributed by atoms with van der Waals surface area (Å²) in [5.74, 6) is 1.17. The summed E-state index contributed by atoms with van der Waals surface area (Å²) in [4.78, 5) is 10.8. The minimum absolute atomic E-state index is 0.339. The Bertz CT molecular complexity index is 1580. The molecular weight excluding hydrogens is 434 g/mol. The van der Waals surface area contributed by atoms with E-state index in [1.165, 1.54) is 5.56 Å². The first-order valence-electron chi connectivity index (χ1n) is 10.5. The summed E-state index contributed by atoms with van der Waals surface area (Å²) >= 11 is 5.58. The van der Waals surface area contributed by atoms with Gasteiger partial charge in [-0.25, -0.2) is 0 Å². The predicted octanol–water partition coefficient (Wildman–Crippen LogP) is 4.98. The average molecular weight is 458 g/mol. The van der Waals surface area contributed by atoms with Crippen LogP contribution in [0.4, 0.5) is 0 Å². The molecule has 5 rings (SSSR count). The Labute approximate surface area is 195 Å². The molecule has 3 aromatic heterocycles. The number of aromatic nitrogens is 4. The average Bonchev–Trinajstić information content (AvgIpc) is 3.26. The smallest absolute Gasteiger partial charge is 0.179 e. The molecule has 0 saturated carbocycles. The first kappa shape index (κ1) is 21.0. The van der Waals surface area contributed by atoms with Crippen LogP contribution in [0.2, 0.25) is 0 Å². The zero-order valence-corrected chi connectivity index (χ0v) is 19.1. The number of rotatable bonds is 6. The van der Waals surface area contributed by atoms with Crippen molar-refractivity contribution in [2.75, 3.05) is 14.2 Å². The molecule has 8 heteroatoms. The largest absolute Gasteiger partial charge is 0.493 e. The number of methoxy groups -OCH3 is 2. The topological polar surface area (TPSA) is 91.7 Å². The molecule has 0 amide bonds. The summed E-state index contributed by atoms with van der Waals surface area (Å²) in [6, 6.07) is 14.0. The maximum atomic E-state index is 8.78. The number of pyridine rings is 1. The van der Waals surface area contributed by atoms with E-state index in [1.54, 1.807) is 20.4 Å². The van der Waals surface area contributed by atoms with Gasteiger partial charge in [-0.05, 0) is 54.0 Å². The van der Waals surface area contributed by atoms with Gasteiger partial charge in [0, 0.05) is 53.1 Å². The van der Waals surface area contributed by atoms with Gasteiger partial charge in [-0.2, -0.15) is 0 Å². The summed E-state index contributed by atoms with van der Waals surface area (Å²) in [5.41, 5.74) is 5.53. The van der Waals surface area contributed by atoms with Gasteiger partial charge in [-0.3, -0.25) is 10.4 Å². The number of fused-ring (bicyclic) bond motifs is 2. The Morgan fingerprint density at radius 2 is 1.82 bits per heavy atom. The van der Waals surface area contributed by atoms with Crippen LogP contribution < -0.4 is 15.0 Å². The highest BCUT2D eigenvalue weighted by molar-refractivity contribution is 7.71. The zero-order valence-electron chi connectivity index (χ0n) is 18.3. The van der Waals surface area contributed by atoms with Crippen molar-refractivity contribution in [3.8, 4) is 22.6 Å². The predicted molar refractivity (Wildman–Crippen MR) is 131 cm³/mol. The molecule has 0 aliphatic carbocycles. The third-order valence-electron chi connectivity index (χ3n) is 5.90. The van der Waals surface area contributed by atoms with Crippen molar-refractivity contribution in [3.63, 3.8) is 0 Å².